The highest BCUT2D eigenvalue weighted by Crippen LogP contribution is 2.36. The minimum atomic E-state index is -1.29. The van der Waals surface area contributed by atoms with Gasteiger partial charge in [-0.05, 0) is 36.1 Å². The van der Waals surface area contributed by atoms with E-state index in [0.717, 1.165) is 10.5 Å². The summed E-state index contributed by atoms with van der Waals surface area (Å²) in [4.78, 5) is 39.0. The minimum absolute atomic E-state index is 0.108. The van der Waals surface area contributed by atoms with Crippen LogP contribution in [0.5, 0.6) is 11.5 Å². The Labute approximate surface area is 180 Å². The zero-order valence-corrected chi connectivity index (χ0v) is 17.5. The molecular weight excluding hydrogens is 398 g/mol. The molecule has 2 aliphatic heterocycles. The first-order chi connectivity index (χ1) is 14.9. The van der Waals surface area contributed by atoms with Crippen molar-refractivity contribution >= 4 is 17.8 Å². The van der Waals surface area contributed by atoms with E-state index >= 15 is 0 Å². The van der Waals surface area contributed by atoms with Gasteiger partial charge in [0.2, 0.25) is 5.91 Å². The van der Waals surface area contributed by atoms with Crippen molar-refractivity contribution in [3.8, 4) is 11.5 Å². The molecule has 4 rings (SSSR count). The van der Waals surface area contributed by atoms with E-state index in [1.807, 2.05) is 37.3 Å². The number of amides is 4. The highest BCUT2D eigenvalue weighted by Gasteiger charge is 2.49. The van der Waals surface area contributed by atoms with Crippen LogP contribution in [0.1, 0.15) is 30.9 Å². The van der Waals surface area contributed by atoms with Crippen molar-refractivity contribution in [2.24, 2.45) is 0 Å². The van der Waals surface area contributed by atoms with Crippen LogP contribution in [0, 0.1) is 0 Å². The SMILES string of the molecule is C[C@H](CNC(=O)CN1C(=O)N[C@](C)(c2ccc3c(c2)OCCO3)C1=O)c1ccccc1. The Bertz CT molecular complexity index is 1010. The molecule has 2 aliphatic rings. The molecule has 2 heterocycles. The van der Waals surface area contributed by atoms with Crippen LogP contribution < -0.4 is 20.1 Å². The van der Waals surface area contributed by atoms with E-state index < -0.39 is 23.4 Å². The number of nitrogens with one attached hydrogen (secondary N) is 2. The fourth-order valence-corrected chi connectivity index (χ4v) is 3.76. The summed E-state index contributed by atoms with van der Waals surface area (Å²) >= 11 is 0. The first-order valence-corrected chi connectivity index (χ1v) is 10.2. The molecule has 0 aliphatic carbocycles. The van der Waals surface area contributed by atoms with Gasteiger partial charge in [0, 0.05) is 6.54 Å². The normalized spacial score (nSPS) is 20.9. The van der Waals surface area contributed by atoms with E-state index in [2.05, 4.69) is 10.6 Å². The molecule has 0 radical (unpaired) electrons. The number of nitrogens with zero attached hydrogens (tertiary/aromatic N) is 1. The third-order valence-corrected chi connectivity index (χ3v) is 5.67. The van der Waals surface area contributed by atoms with Gasteiger partial charge in [-0.2, -0.15) is 0 Å². The van der Waals surface area contributed by atoms with Crippen molar-refractivity contribution in [3.05, 3.63) is 59.7 Å². The second-order valence-electron chi connectivity index (χ2n) is 7.92. The fraction of sp³-hybridized carbons (Fsp3) is 0.348. The van der Waals surface area contributed by atoms with E-state index in [9.17, 15) is 14.4 Å². The molecule has 8 heteroatoms. The number of carbonyl (C=O) groups excluding carboxylic acids is 3. The maximum atomic E-state index is 13.1. The van der Waals surface area contributed by atoms with Gasteiger partial charge in [-0.15, -0.1) is 0 Å². The van der Waals surface area contributed by atoms with Crippen LogP contribution in [0.25, 0.3) is 0 Å². The molecule has 0 aromatic heterocycles. The van der Waals surface area contributed by atoms with Crippen LogP contribution in [0.2, 0.25) is 0 Å². The third kappa shape index (κ3) is 4.05. The largest absolute Gasteiger partial charge is 0.486 e. The van der Waals surface area contributed by atoms with E-state index in [0.29, 0.717) is 36.8 Å². The number of ether oxygens (including phenoxy) is 2. The molecule has 4 amide bonds. The van der Waals surface area contributed by atoms with Gasteiger partial charge in [0.05, 0.1) is 0 Å². The van der Waals surface area contributed by atoms with Crippen LogP contribution in [-0.2, 0) is 15.1 Å². The lowest BCUT2D eigenvalue weighted by atomic mass is 9.91. The molecule has 2 aromatic carbocycles. The molecular formula is C23H25N3O5. The molecule has 0 bridgehead atoms. The maximum Gasteiger partial charge on any atom is 0.325 e. The predicted octanol–water partition coefficient (Wildman–Crippen LogP) is 2.14. The average Bonchev–Trinajstić information content (AvgIpc) is 3.01. The summed E-state index contributed by atoms with van der Waals surface area (Å²) < 4.78 is 11.1. The van der Waals surface area contributed by atoms with Crippen molar-refractivity contribution < 1.29 is 23.9 Å². The van der Waals surface area contributed by atoms with E-state index in [1.54, 1.807) is 25.1 Å². The molecule has 1 fully saturated rings. The molecule has 1 saturated heterocycles. The molecule has 0 spiro atoms. The first kappa shape index (κ1) is 20.7. The summed E-state index contributed by atoms with van der Waals surface area (Å²) in [6, 6.07) is 14.3. The van der Waals surface area contributed by atoms with Gasteiger partial charge in [-0.3, -0.25) is 14.5 Å². The smallest absolute Gasteiger partial charge is 0.325 e. The fourth-order valence-electron chi connectivity index (χ4n) is 3.76. The van der Waals surface area contributed by atoms with Crippen molar-refractivity contribution in [2.75, 3.05) is 26.3 Å². The Morgan fingerprint density at radius 3 is 2.58 bits per heavy atom. The van der Waals surface area contributed by atoms with Gasteiger partial charge < -0.3 is 20.1 Å². The predicted molar refractivity (Wildman–Crippen MR) is 113 cm³/mol. The minimum Gasteiger partial charge on any atom is -0.486 e. The molecule has 2 aromatic rings. The molecule has 31 heavy (non-hydrogen) atoms. The Morgan fingerprint density at radius 1 is 1.13 bits per heavy atom. The van der Waals surface area contributed by atoms with Crippen molar-refractivity contribution in [2.45, 2.75) is 25.3 Å². The summed E-state index contributed by atoms with van der Waals surface area (Å²) in [5.74, 6) is 0.353. The molecule has 0 unspecified atom stereocenters. The van der Waals surface area contributed by atoms with Gasteiger partial charge in [0.1, 0.15) is 25.3 Å². The number of hydrogen-bond donors (Lipinski definition) is 2. The number of carbonyl (C=O) groups is 3. The zero-order chi connectivity index (χ0) is 22.0. The first-order valence-electron chi connectivity index (χ1n) is 10.2. The van der Waals surface area contributed by atoms with Crippen LogP contribution in [-0.4, -0.2) is 49.0 Å². The Hall–Kier alpha value is -3.55. The lowest BCUT2D eigenvalue weighted by molar-refractivity contribution is -0.134. The summed E-state index contributed by atoms with van der Waals surface area (Å²) in [6.07, 6.45) is 0. The van der Waals surface area contributed by atoms with Crippen molar-refractivity contribution in [1.29, 1.82) is 0 Å². The highest BCUT2D eigenvalue weighted by atomic mass is 16.6. The van der Waals surface area contributed by atoms with Crippen LogP contribution >= 0.6 is 0 Å². The Kier molecular flexibility index (Phi) is 5.54. The summed E-state index contributed by atoms with van der Waals surface area (Å²) in [5.41, 5.74) is 0.379. The second-order valence-corrected chi connectivity index (χ2v) is 7.92. The van der Waals surface area contributed by atoms with E-state index in [-0.39, 0.29) is 12.5 Å². The monoisotopic (exact) mass is 423 g/mol. The average molecular weight is 423 g/mol. The Morgan fingerprint density at radius 2 is 1.84 bits per heavy atom. The van der Waals surface area contributed by atoms with Gasteiger partial charge in [-0.25, -0.2) is 4.79 Å². The van der Waals surface area contributed by atoms with Gasteiger partial charge in [0.25, 0.3) is 5.91 Å². The number of rotatable bonds is 6. The van der Waals surface area contributed by atoms with E-state index in [4.69, 9.17) is 9.47 Å². The highest BCUT2D eigenvalue weighted by molar-refractivity contribution is 6.09. The zero-order valence-electron chi connectivity index (χ0n) is 17.5. The molecule has 2 N–H and O–H groups in total. The second kappa shape index (κ2) is 8.29. The van der Waals surface area contributed by atoms with E-state index in [1.165, 1.54) is 0 Å². The van der Waals surface area contributed by atoms with Crippen LogP contribution in [0.3, 0.4) is 0 Å². The maximum absolute atomic E-state index is 13.1. The van der Waals surface area contributed by atoms with Gasteiger partial charge >= 0.3 is 6.03 Å². The third-order valence-electron chi connectivity index (χ3n) is 5.67. The summed E-state index contributed by atoms with van der Waals surface area (Å²) in [7, 11) is 0. The van der Waals surface area contributed by atoms with Gasteiger partial charge in [0.15, 0.2) is 11.5 Å². The molecule has 162 valence electrons. The number of fused-ring (bicyclic) bond motifs is 1. The molecule has 2 atom stereocenters. The van der Waals surface area contributed by atoms with Crippen LogP contribution in [0.15, 0.2) is 48.5 Å². The number of hydrogen-bond acceptors (Lipinski definition) is 5. The summed E-state index contributed by atoms with van der Waals surface area (Å²) in [5, 5.41) is 5.52. The van der Waals surface area contributed by atoms with Gasteiger partial charge in [-0.1, -0.05) is 43.3 Å². The quantitative estimate of drug-likeness (QED) is 0.694. The molecule has 0 saturated carbocycles. The summed E-state index contributed by atoms with van der Waals surface area (Å²) in [6.45, 7) is 4.57. The molecule has 8 nitrogen and oxygen atoms in total. The Balaban J connectivity index is 1.41. The van der Waals surface area contributed by atoms with Crippen LogP contribution in [0.4, 0.5) is 4.79 Å². The number of benzene rings is 2. The number of imide groups is 1. The number of urea groups is 1. The van der Waals surface area contributed by atoms with Crippen molar-refractivity contribution in [1.82, 2.24) is 15.5 Å². The standard InChI is InChI=1S/C23H25N3O5/c1-15(16-6-4-3-5-7-16)13-24-20(27)14-26-21(28)23(2,25-22(26)29)17-8-9-18-19(12-17)31-11-10-30-18/h3-9,12,15H,10-11,13-14H2,1-2H3,(H,24,27)(H,25,29)/t15-,23-/m1/s1. The lowest BCUT2D eigenvalue weighted by Gasteiger charge is -2.25. The van der Waals surface area contributed by atoms with Crippen molar-refractivity contribution in [3.63, 3.8) is 0 Å². The lowest BCUT2D eigenvalue weighted by Crippen LogP contribution is -2.43. The topological polar surface area (TPSA) is 97.0 Å².